The van der Waals surface area contributed by atoms with Crippen LogP contribution in [0.3, 0.4) is 0 Å². The Balaban J connectivity index is 1.85. The summed E-state index contributed by atoms with van der Waals surface area (Å²) in [4.78, 5) is 12.5. The van der Waals surface area contributed by atoms with Crippen LogP contribution in [0.4, 0.5) is 0 Å². The van der Waals surface area contributed by atoms with E-state index in [1.165, 1.54) is 6.21 Å². The number of nitrogens with zero attached hydrogens (tertiary/aromatic N) is 2. The highest BCUT2D eigenvalue weighted by molar-refractivity contribution is 7.04. The second-order valence-corrected chi connectivity index (χ2v) is 7.27. The van der Waals surface area contributed by atoms with E-state index in [0.717, 1.165) is 11.5 Å². The number of amides is 1. The van der Waals surface area contributed by atoms with E-state index in [-0.39, 0.29) is 0 Å². The van der Waals surface area contributed by atoms with Gasteiger partial charge in [-0.05, 0) is 35.8 Å². The Labute approximate surface area is 173 Å². The third-order valence-corrected chi connectivity index (χ3v) is 5.29. The predicted molar refractivity (Wildman–Crippen MR) is 109 cm³/mol. The number of hydrazone groups is 1. The summed E-state index contributed by atoms with van der Waals surface area (Å²) in [6.07, 6.45) is 1.38. The first-order chi connectivity index (χ1) is 12.5. The van der Waals surface area contributed by atoms with E-state index in [2.05, 4.69) is 14.9 Å². The molecule has 4 nitrogen and oxygen atoms in total. The molecule has 0 fully saturated rings. The van der Waals surface area contributed by atoms with Gasteiger partial charge < -0.3 is 0 Å². The second-order valence-electron chi connectivity index (χ2n) is 5.01. The molecule has 0 aliphatic carbocycles. The summed E-state index contributed by atoms with van der Waals surface area (Å²) in [5.41, 5.74) is 4.15. The zero-order chi connectivity index (χ0) is 18.7. The maximum Gasteiger partial charge on any atom is 0.274 e. The van der Waals surface area contributed by atoms with Gasteiger partial charge in [-0.2, -0.15) is 9.47 Å². The van der Waals surface area contributed by atoms with Gasteiger partial charge in [-0.25, -0.2) is 5.43 Å². The molecule has 0 aliphatic rings. The Morgan fingerprint density at radius 3 is 2.19 bits per heavy atom. The smallest absolute Gasteiger partial charge is 0.267 e. The molecule has 0 radical (unpaired) electrons. The molecule has 0 bridgehead atoms. The molecule has 1 aromatic heterocycles. The maximum atomic E-state index is 12.5. The molecule has 9 heteroatoms. The SMILES string of the molecule is O=C(NN=Cc1c(Cl)cccc1Cl)c1csnc1-c1c(Cl)cccc1Cl. The van der Waals surface area contributed by atoms with Gasteiger partial charge in [-0.1, -0.05) is 58.5 Å². The minimum Gasteiger partial charge on any atom is -0.267 e. The van der Waals surface area contributed by atoms with E-state index >= 15 is 0 Å². The van der Waals surface area contributed by atoms with E-state index in [1.807, 2.05) is 0 Å². The van der Waals surface area contributed by atoms with Crippen LogP contribution < -0.4 is 5.43 Å². The molecule has 1 heterocycles. The summed E-state index contributed by atoms with van der Waals surface area (Å²) in [6.45, 7) is 0. The number of carbonyl (C=O) groups excluding carboxylic acids is 1. The largest absolute Gasteiger partial charge is 0.274 e. The lowest BCUT2D eigenvalue weighted by Crippen LogP contribution is -2.18. The molecular weight excluding hydrogens is 436 g/mol. The van der Waals surface area contributed by atoms with Crippen molar-refractivity contribution >= 4 is 70.1 Å². The fourth-order valence-corrected chi connectivity index (χ4v) is 3.90. The summed E-state index contributed by atoms with van der Waals surface area (Å²) >= 11 is 25.6. The Bertz CT molecular complexity index is 963. The minimum absolute atomic E-state index is 0.312. The van der Waals surface area contributed by atoms with Gasteiger partial charge in [0, 0.05) is 16.5 Å². The van der Waals surface area contributed by atoms with Gasteiger partial charge in [0.2, 0.25) is 0 Å². The molecule has 0 unspecified atom stereocenters. The highest BCUT2D eigenvalue weighted by Gasteiger charge is 2.20. The standard InChI is InChI=1S/C17H9Cl4N3OS/c18-11-3-1-4-12(19)9(11)7-22-23-17(25)10-8-26-24-16(10)15-13(20)5-2-6-14(15)21/h1-8H,(H,23,25). The summed E-state index contributed by atoms with van der Waals surface area (Å²) in [5.74, 6) is -0.454. The van der Waals surface area contributed by atoms with Gasteiger partial charge in [-0.15, -0.1) is 0 Å². The normalized spacial score (nSPS) is 11.1. The number of hydrogen-bond donors (Lipinski definition) is 1. The van der Waals surface area contributed by atoms with Gasteiger partial charge in [0.05, 0.1) is 37.6 Å². The van der Waals surface area contributed by atoms with Crippen molar-refractivity contribution in [2.24, 2.45) is 5.10 Å². The average Bonchev–Trinajstić information content (AvgIpc) is 3.06. The van der Waals surface area contributed by atoms with Crippen molar-refractivity contribution in [1.29, 1.82) is 0 Å². The lowest BCUT2D eigenvalue weighted by molar-refractivity contribution is 0.0956. The van der Waals surface area contributed by atoms with Gasteiger partial charge >= 0.3 is 0 Å². The minimum atomic E-state index is -0.454. The van der Waals surface area contributed by atoms with Crippen LogP contribution in [0.25, 0.3) is 11.3 Å². The van der Waals surface area contributed by atoms with Crippen LogP contribution in [0.15, 0.2) is 46.9 Å². The van der Waals surface area contributed by atoms with Gasteiger partial charge in [-0.3, -0.25) is 4.79 Å². The molecule has 3 aromatic rings. The molecule has 1 amide bonds. The summed E-state index contributed by atoms with van der Waals surface area (Å²) in [5, 5.41) is 7.18. The highest BCUT2D eigenvalue weighted by atomic mass is 35.5. The van der Waals surface area contributed by atoms with Crippen molar-refractivity contribution in [2.75, 3.05) is 0 Å². The van der Waals surface area contributed by atoms with Crippen LogP contribution >= 0.6 is 57.9 Å². The monoisotopic (exact) mass is 443 g/mol. The van der Waals surface area contributed by atoms with Gasteiger partial charge in [0.15, 0.2) is 0 Å². The highest BCUT2D eigenvalue weighted by Crippen LogP contribution is 2.36. The summed E-state index contributed by atoms with van der Waals surface area (Å²) in [6, 6.07) is 10.2. The molecule has 26 heavy (non-hydrogen) atoms. The fourth-order valence-electron chi connectivity index (χ4n) is 2.15. The van der Waals surface area contributed by atoms with E-state index < -0.39 is 5.91 Å². The van der Waals surface area contributed by atoms with E-state index in [1.54, 1.807) is 41.8 Å². The first-order valence-corrected chi connectivity index (χ1v) is 9.50. The number of benzene rings is 2. The lowest BCUT2D eigenvalue weighted by Gasteiger charge is -2.06. The van der Waals surface area contributed by atoms with Crippen LogP contribution in [-0.4, -0.2) is 16.5 Å². The Morgan fingerprint density at radius 1 is 1.00 bits per heavy atom. The molecule has 0 atom stereocenters. The number of halogens is 4. The van der Waals surface area contributed by atoms with Crippen molar-refractivity contribution in [3.63, 3.8) is 0 Å². The van der Waals surface area contributed by atoms with Crippen molar-refractivity contribution in [3.8, 4) is 11.3 Å². The Kier molecular flexibility index (Phi) is 6.16. The lowest BCUT2D eigenvalue weighted by atomic mass is 10.1. The van der Waals surface area contributed by atoms with Crippen LogP contribution in [0, 0.1) is 0 Å². The average molecular weight is 445 g/mol. The van der Waals surface area contributed by atoms with Crippen LogP contribution in [0.1, 0.15) is 15.9 Å². The molecule has 3 rings (SSSR count). The number of carbonyl (C=O) groups is 1. The Hall–Kier alpha value is -1.63. The zero-order valence-electron chi connectivity index (χ0n) is 12.8. The van der Waals surface area contributed by atoms with Crippen molar-refractivity contribution < 1.29 is 4.79 Å². The predicted octanol–water partition coefficient (Wildman–Crippen LogP) is 6.19. The van der Waals surface area contributed by atoms with Crippen molar-refractivity contribution in [2.45, 2.75) is 0 Å². The fraction of sp³-hybridized carbons (Fsp3) is 0. The Morgan fingerprint density at radius 2 is 1.58 bits per heavy atom. The van der Waals surface area contributed by atoms with E-state index in [0.29, 0.717) is 42.5 Å². The second kappa shape index (κ2) is 8.37. The van der Waals surface area contributed by atoms with Crippen molar-refractivity contribution in [3.05, 3.63) is 73.0 Å². The first kappa shape index (κ1) is 19.1. The quantitative estimate of drug-likeness (QED) is 0.385. The zero-order valence-corrected chi connectivity index (χ0v) is 16.7. The van der Waals surface area contributed by atoms with Crippen LogP contribution in [0.5, 0.6) is 0 Å². The number of rotatable bonds is 4. The number of aromatic nitrogens is 1. The molecule has 0 spiro atoms. The van der Waals surface area contributed by atoms with Gasteiger partial charge in [0.1, 0.15) is 0 Å². The first-order valence-electron chi connectivity index (χ1n) is 7.15. The van der Waals surface area contributed by atoms with Crippen LogP contribution in [-0.2, 0) is 0 Å². The number of hydrogen-bond acceptors (Lipinski definition) is 4. The van der Waals surface area contributed by atoms with Gasteiger partial charge in [0.25, 0.3) is 5.91 Å². The maximum absolute atomic E-state index is 12.5. The summed E-state index contributed by atoms with van der Waals surface area (Å²) in [7, 11) is 0. The molecular formula is C17H9Cl4N3OS. The third-order valence-electron chi connectivity index (χ3n) is 3.37. The topological polar surface area (TPSA) is 54.4 Å². The summed E-state index contributed by atoms with van der Waals surface area (Å²) < 4.78 is 4.24. The molecule has 2 aromatic carbocycles. The molecule has 1 N–H and O–H groups in total. The number of nitrogens with one attached hydrogen (secondary N) is 1. The molecule has 0 saturated carbocycles. The van der Waals surface area contributed by atoms with Crippen molar-refractivity contribution in [1.82, 2.24) is 9.80 Å². The molecule has 0 saturated heterocycles. The van der Waals surface area contributed by atoms with E-state index in [9.17, 15) is 4.79 Å². The van der Waals surface area contributed by atoms with E-state index in [4.69, 9.17) is 46.4 Å². The third kappa shape index (κ3) is 4.03. The molecule has 0 aliphatic heterocycles. The molecule has 132 valence electrons. The van der Waals surface area contributed by atoms with Crippen LogP contribution in [0.2, 0.25) is 20.1 Å².